The lowest BCUT2D eigenvalue weighted by Crippen LogP contribution is -2.49. The van der Waals surface area contributed by atoms with Crippen molar-refractivity contribution in [3.63, 3.8) is 0 Å². The number of methoxy groups -OCH3 is 3. The van der Waals surface area contributed by atoms with Crippen molar-refractivity contribution >= 4 is 22.8 Å². The lowest BCUT2D eigenvalue weighted by molar-refractivity contribution is -0.308. The van der Waals surface area contributed by atoms with E-state index in [0.717, 1.165) is 16.5 Å². The summed E-state index contributed by atoms with van der Waals surface area (Å²) in [5.41, 5.74) is 1.82. The number of carboxylic acids is 1. The molecular formula is C21H21N2O6-. The first-order chi connectivity index (χ1) is 14.0. The Balaban J connectivity index is 1.86. The topological polar surface area (TPSA) is 113 Å². The average molecular weight is 397 g/mol. The molecular weight excluding hydrogens is 376 g/mol. The molecule has 1 aromatic heterocycles. The van der Waals surface area contributed by atoms with Crippen LogP contribution >= 0.6 is 0 Å². The average Bonchev–Trinajstić information content (AvgIpc) is 3.14. The normalized spacial score (nSPS) is 11.7. The zero-order valence-corrected chi connectivity index (χ0v) is 16.3. The number of amides is 1. The molecule has 29 heavy (non-hydrogen) atoms. The summed E-state index contributed by atoms with van der Waals surface area (Å²) in [6.45, 7) is 0. The van der Waals surface area contributed by atoms with Gasteiger partial charge in [-0.15, -0.1) is 0 Å². The van der Waals surface area contributed by atoms with Crippen molar-refractivity contribution < 1.29 is 28.9 Å². The first-order valence-electron chi connectivity index (χ1n) is 8.85. The van der Waals surface area contributed by atoms with Crippen LogP contribution in [-0.4, -0.2) is 44.2 Å². The summed E-state index contributed by atoms with van der Waals surface area (Å²) in [5, 5.41) is 15.1. The summed E-state index contributed by atoms with van der Waals surface area (Å²) in [6, 6.07) is 9.20. The van der Waals surface area contributed by atoms with Crippen LogP contribution in [0, 0.1) is 0 Å². The number of aromatic nitrogens is 1. The number of aliphatic carboxylic acids is 1. The van der Waals surface area contributed by atoms with Crippen LogP contribution < -0.4 is 24.6 Å². The van der Waals surface area contributed by atoms with Crippen molar-refractivity contribution in [3.05, 3.63) is 53.7 Å². The predicted molar refractivity (Wildman–Crippen MR) is 104 cm³/mol. The summed E-state index contributed by atoms with van der Waals surface area (Å²) < 4.78 is 15.7. The highest BCUT2D eigenvalue weighted by Crippen LogP contribution is 2.38. The van der Waals surface area contributed by atoms with Crippen molar-refractivity contribution in [1.82, 2.24) is 10.3 Å². The van der Waals surface area contributed by atoms with Gasteiger partial charge in [0.15, 0.2) is 11.5 Å². The Morgan fingerprint density at radius 3 is 2.31 bits per heavy atom. The van der Waals surface area contributed by atoms with Gasteiger partial charge in [-0.05, 0) is 23.8 Å². The Morgan fingerprint density at radius 2 is 1.72 bits per heavy atom. The van der Waals surface area contributed by atoms with E-state index in [1.54, 1.807) is 6.20 Å². The first-order valence-corrected chi connectivity index (χ1v) is 8.85. The number of ether oxygens (including phenoxy) is 3. The maximum absolute atomic E-state index is 12.7. The van der Waals surface area contributed by atoms with Crippen molar-refractivity contribution in [2.24, 2.45) is 0 Å². The Kier molecular flexibility index (Phi) is 5.92. The lowest BCUT2D eigenvalue weighted by atomic mass is 10.0. The monoisotopic (exact) mass is 397 g/mol. The third kappa shape index (κ3) is 4.11. The van der Waals surface area contributed by atoms with Crippen molar-refractivity contribution in [3.8, 4) is 17.2 Å². The highest BCUT2D eigenvalue weighted by Gasteiger charge is 2.21. The molecule has 1 amide bonds. The molecule has 0 bridgehead atoms. The molecule has 0 unspecified atom stereocenters. The maximum atomic E-state index is 12.7. The fourth-order valence-electron chi connectivity index (χ4n) is 3.17. The van der Waals surface area contributed by atoms with Crippen LogP contribution in [0.15, 0.2) is 42.6 Å². The van der Waals surface area contributed by atoms with Gasteiger partial charge >= 0.3 is 0 Å². The summed E-state index contributed by atoms with van der Waals surface area (Å²) >= 11 is 0. The molecule has 1 atom stereocenters. The molecule has 2 aromatic carbocycles. The molecule has 0 saturated carbocycles. The Morgan fingerprint density at radius 1 is 1.07 bits per heavy atom. The number of hydrogen-bond donors (Lipinski definition) is 2. The first kappa shape index (κ1) is 20.1. The molecule has 0 aliphatic rings. The highest BCUT2D eigenvalue weighted by molar-refractivity contribution is 5.98. The smallest absolute Gasteiger partial charge is 0.252 e. The molecule has 2 N–H and O–H groups in total. The van der Waals surface area contributed by atoms with E-state index in [1.165, 1.54) is 33.5 Å². The van der Waals surface area contributed by atoms with Crippen molar-refractivity contribution in [2.75, 3.05) is 21.3 Å². The number of hydrogen-bond acceptors (Lipinski definition) is 6. The van der Waals surface area contributed by atoms with Gasteiger partial charge in [0.05, 0.1) is 33.3 Å². The van der Waals surface area contributed by atoms with Gasteiger partial charge in [0.2, 0.25) is 5.75 Å². The number of carbonyl (C=O) groups excluding carboxylic acids is 2. The van der Waals surface area contributed by atoms with Crippen LogP contribution in [0.2, 0.25) is 0 Å². The van der Waals surface area contributed by atoms with Crippen LogP contribution in [0.1, 0.15) is 15.9 Å². The van der Waals surface area contributed by atoms with E-state index >= 15 is 0 Å². The summed E-state index contributed by atoms with van der Waals surface area (Å²) in [7, 11) is 4.31. The second-order valence-corrected chi connectivity index (χ2v) is 6.32. The van der Waals surface area contributed by atoms with Gasteiger partial charge in [-0.3, -0.25) is 4.79 Å². The summed E-state index contributed by atoms with van der Waals surface area (Å²) in [4.78, 5) is 27.5. The predicted octanol–water partition coefficient (Wildman–Crippen LogP) is 1.28. The summed E-state index contributed by atoms with van der Waals surface area (Å²) in [6.07, 6.45) is 1.80. The second kappa shape index (κ2) is 8.55. The number of fused-ring (bicyclic) bond motifs is 1. The Hall–Kier alpha value is -3.68. The number of aromatic amines is 1. The molecule has 0 fully saturated rings. The molecule has 8 heteroatoms. The number of carbonyl (C=O) groups is 2. The number of H-pyrrole nitrogens is 1. The van der Waals surface area contributed by atoms with Gasteiger partial charge in [-0.1, -0.05) is 18.2 Å². The van der Waals surface area contributed by atoms with E-state index in [1.807, 2.05) is 24.3 Å². The van der Waals surface area contributed by atoms with E-state index < -0.39 is 17.9 Å². The molecule has 8 nitrogen and oxygen atoms in total. The van der Waals surface area contributed by atoms with Gasteiger partial charge in [0, 0.05) is 29.1 Å². The number of benzene rings is 2. The third-order valence-corrected chi connectivity index (χ3v) is 4.62. The van der Waals surface area contributed by atoms with Gasteiger partial charge in [-0.25, -0.2) is 0 Å². The van der Waals surface area contributed by atoms with Crippen molar-refractivity contribution in [1.29, 1.82) is 0 Å². The molecule has 3 rings (SSSR count). The number of carboxylic acid groups (broad SMARTS) is 1. The highest BCUT2D eigenvalue weighted by atomic mass is 16.5. The van der Waals surface area contributed by atoms with Crippen molar-refractivity contribution in [2.45, 2.75) is 12.5 Å². The number of rotatable bonds is 8. The maximum Gasteiger partial charge on any atom is 0.252 e. The minimum atomic E-state index is -1.38. The van der Waals surface area contributed by atoms with Crippen LogP contribution in [-0.2, 0) is 11.2 Å². The van der Waals surface area contributed by atoms with Gasteiger partial charge in [0.25, 0.3) is 5.91 Å². The lowest BCUT2D eigenvalue weighted by Gasteiger charge is -2.20. The van der Waals surface area contributed by atoms with E-state index in [-0.39, 0.29) is 12.0 Å². The SMILES string of the molecule is COc1cc(C(=O)N[C@@H](Cc2c[nH]c3ccccc23)C(=O)[O-])cc(OC)c1OC. The van der Waals surface area contributed by atoms with Crippen LogP contribution in [0.4, 0.5) is 0 Å². The van der Waals surface area contributed by atoms with E-state index in [2.05, 4.69) is 10.3 Å². The second-order valence-electron chi connectivity index (χ2n) is 6.32. The minimum Gasteiger partial charge on any atom is -0.548 e. The third-order valence-electron chi connectivity index (χ3n) is 4.62. The molecule has 0 radical (unpaired) electrons. The Bertz CT molecular complexity index is 1020. The van der Waals surface area contributed by atoms with Gasteiger partial charge in [-0.2, -0.15) is 0 Å². The number of nitrogens with one attached hydrogen (secondary N) is 2. The fourth-order valence-corrected chi connectivity index (χ4v) is 3.17. The molecule has 3 aromatic rings. The molecule has 0 aliphatic heterocycles. The molecule has 0 aliphatic carbocycles. The van der Waals surface area contributed by atoms with Gasteiger partial charge in [0.1, 0.15) is 0 Å². The van der Waals surface area contributed by atoms with E-state index in [0.29, 0.717) is 17.2 Å². The van der Waals surface area contributed by atoms with Crippen LogP contribution in [0.3, 0.4) is 0 Å². The molecule has 1 heterocycles. The quantitative estimate of drug-likeness (QED) is 0.592. The van der Waals surface area contributed by atoms with E-state index in [9.17, 15) is 14.7 Å². The Labute approximate surface area is 167 Å². The minimum absolute atomic E-state index is 0.0719. The van der Waals surface area contributed by atoms with E-state index in [4.69, 9.17) is 14.2 Å². The molecule has 0 spiro atoms. The van der Waals surface area contributed by atoms with Gasteiger partial charge < -0.3 is 34.4 Å². The zero-order valence-electron chi connectivity index (χ0n) is 16.3. The molecule has 0 saturated heterocycles. The largest absolute Gasteiger partial charge is 0.548 e. The van der Waals surface area contributed by atoms with Crippen LogP contribution in [0.5, 0.6) is 17.2 Å². The standard InChI is InChI=1S/C21H22N2O6/c1-27-17-9-12(10-18(28-2)19(17)29-3)20(24)23-16(21(25)26)8-13-11-22-15-7-5-4-6-14(13)15/h4-7,9-11,16,22H,8H2,1-3H3,(H,23,24)(H,25,26)/p-1/t16-/m0/s1. The fraction of sp³-hybridized carbons (Fsp3) is 0.238. The molecule has 152 valence electrons. The zero-order chi connectivity index (χ0) is 21.0. The van der Waals surface area contributed by atoms with Crippen LogP contribution in [0.25, 0.3) is 10.9 Å². The number of para-hydroxylation sites is 1. The summed E-state index contributed by atoms with van der Waals surface area (Å²) in [5.74, 6) is -1.06.